The lowest BCUT2D eigenvalue weighted by Crippen LogP contribution is -2.27. The summed E-state index contributed by atoms with van der Waals surface area (Å²) in [5.74, 6) is 0.910. The van der Waals surface area contributed by atoms with Crippen molar-refractivity contribution in [3.8, 4) is 0 Å². The average Bonchev–Trinajstić information content (AvgIpc) is 3.08. The lowest BCUT2D eigenvalue weighted by Gasteiger charge is -2.09. The van der Waals surface area contributed by atoms with E-state index < -0.39 is 0 Å². The summed E-state index contributed by atoms with van der Waals surface area (Å²) in [6, 6.07) is 2.38. The third-order valence-corrected chi connectivity index (χ3v) is 3.67. The zero-order valence-corrected chi connectivity index (χ0v) is 11.4. The Kier molecular flexibility index (Phi) is 3.99. The molecule has 1 saturated carbocycles. The van der Waals surface area contributed by atoms with E-state index in [2.05, 4.69) is 31.5 Å². The van der Waals surface area contributed by atoms with E-state index in [0.717, 1.165) is 28.7 Å². The van der Waals surface area contributed by atoms with Crippen LogP contribution in [0.3, 0.4) is 0 Å². The normalized spacial score (nSPS) is 14.5. The fourth-order valence-electron chi connectivity index (χ4n) is 1.49. The smallest absolute Gasteiger partial charge is 0.221 e. The zero-order valence-electron chi connectivity index (χ0n) is 9.79. The molecule has 92 valence electrons. The molecule has 4 nitrogen and oxygen atoms in total. The van der Waals surface area contributed by atoms with Gasteiger partial charge in [-0.1, -0.05) is 0 Å². The number of aromatic nitrogens is 1. The number of amides is 1. The maximum Gasteiger partial charge on any atom is 0.221 e. The van der Waals surface area contributed by atoms with Gasteiger partial charge >= 0.3 is 0 Å². The van der Waals surface area contributed by atoms with E-state index in [1.807, 2.05) is 13.0 Å². The van der Waals surface area contributed by atoms with Crippen LogP contribution >= 0.6 is 15.9 Å². The van der Waals surface area contributed by atoms with Crippen LogP contribution in [0.25, 0.3) is 0 Å². The summed E-state index contributed by atoms with van der Waals surface area (Å²) in [5.41, 5.74) is 1.13. The molecule has 17 heavy (non-hydrogen) atoms. The van der Waals surface area contributed by atoms with Gasteiger partial charge in [-0.25, -0.2) is 4.98 Å². The standard InChI is InChI=1S/C12H16BrN3O/c1-8-4-6-14-12(11(8)13)15-7-5-10(17)16-9-2-3-9/h4,6,9H,2-3,5,7H2,1H3,(H,14,15)(H,16,17). The van der Waals surface area contributed by atoms with Gasteiger partial charge in [0, 0.05) is 25.2 Å². The highest BCUT2D eigenvalue weighted by atomic mass is 79.9. The Hall–Kier alpha value is -1.10. The van der Waals surface area contributed by atoms with Crippen LogP contribution in [0.5, 0.6) is 0 Å². The van der Waals surface area contributed by atoms with E-state index >= 15 is 0 Å². The van der Waals surface area contributed by atoms with Crippen molar-refractivity contribution in [3.05, 3.63) is 22.3 Å². The lowest BCUT2D eigenvalue weighted by molar-refractivity contribution is -0.120. The molecule has 0 unspecified atom stereocenters. The van der Waals surface area contributed by atoms with E-state index in [-0.39, 0.29) is 5.91 Å². The molecule has 0 saturated heterocycles. The molecule has 0 radical (unpaired) electrons. The first-order valence-corrected chi connectivity index (χ1v) is 6.60. The predicted molar refractivity (Wildman–Crippen MR) is 70.9 cm³/mol. The van der Waals surface area contributed by atoms with Gasteiger partial charge in [0.05, 0.1) is 4.47 Å². The number of halogens is 1. The number of rotatable bonds is 5. The molecule has 1 heterocycles. The van der Waals surface area contributed by atoms with Crippen molar-refractivity contribution in [1.82, 2.24) is 10.3 Å². The van der Waals surface area contributed by atoms with Crippen LogP contribution in [0.4, 0.5) is 5.82 Å². The Bertz CT molecular complexity index is 418. The number of carbonyl (C=O) groups is 1. The number of nitrogens with zero attached hydrogens (tertiary/aromatic N) is 1. The van der Waals surface area contributed by atoms with Crippen LogP contribution < -0.4 is 10.6 Å². The van der Waals surface area contributed by atoms with E-state index in [9.17, 15) is 4.79 Å². The second-order valence-corrected chi connectivity index (χ2v) is 5.10. The van der Waals surface area contributed by atoms with E-state index in [4.69, 9.17) is 0 Å². The number of hydrogen-bond acceptors (Lipinski definition) is 3. The van der Waals surface area contributed by atoms with Gasteiger partial charge in [0.25, 0.3) is 0 Å². The SMILES string of the molecule is Cc1ccnc(NCCC(=O)NC2CC2)c1Br. The molecule has 1 aliphatic rings. The van der Waals surface area contributed by atoms with E-state index in [0.29, 0.717) is 19.0 Å². The van der Waals surface area contributed by atoms with Crippen LogP contribution in [-0.4, -0.2) is 23.5 Å². The van der Waals surface area contributed by atoms with Crippen molar-refractivity contribution < 1.29 is 4.79 Å². The molecule has 0 spiro atoms. The van der Waals surface area contributed by atoms with Gasteiger partial charge in [0.2, 0.25) is 5.91 Å². The first-order valence-electron chi connectivity index (χ1n) is 5.81. The molecule has 2 rings (SSSR count). The molecule has 0 bridgehead atoms. The van der Waals surface area contributed by atoms with Crippen molar-refractivity contribution in [1.29, 1.82) is 0 Å². The van der Waals surface area contributed by atoms with Crippen molar-refractivity contribution in [2.45, 2.75) is 32.2 Å². The number of hydrogen-bond donors (Lipinski definition) is 2. The summed E-state index contributed by atoms with van der Waals surface area (Å²) in [6.45, 7) is 2.62. The molecule has 1 aromatic rings. The van der Waals surface area contributed by atoms with Gasteiger partial charge in [-0.05, 0) is 47.3 Å². The van der Waals surface area contributed by atoms with Crippen molar-refractivity contribution in [2.75, 3.05) is 11.9 Å². The molecule has 0 aliphatic heterocycles. The molecule has 2 N–H and O–H groups in total. The fourth-order valence-corrected chi connectivity index (χ4v) is 1.86. The van der Waals surface area contributed by atoms with Crippen LogP contribution in [-0.2, 0) is 4.79 Å². The molecule has 1 fully saturated rings. The summed E-state index contributed by atoms with van der Waals surface area (Å²) in [7, 11) is 0. The van der Waals surface area contributed by atoms with Crippen LogP contribution in [0.1, 0.15) is 24.8 Å². The third-order valence-electron chi connectivity index (χ3n) is 2.67. The average molecular weight is 298 g/mol. The Balaban J connectivity index is 1.77. The topological polar surface area (TPSA) is 54.0 Å². The number of aryl methyl sites for hydroxylation is 1. The van der Waals surface area contributed by atoms with Gasteiger partial charge < -0.3 is 10.6 Å². The lowest BCUT2D eigenvalue weighted by atomic mass is 10.3. The van der Waals surface area contributed by atoms with Crippen molar-refractivity contribution >= 4 is 27.7 Å². The second-order valence-electron chi connectivity index (χ2n) is 4.31. The van der Waals surface area contributed by atoms with Crippen molar-refractivity contribution in [2.24, 2.45) is 0 Å². The maximum absolute atomic E-state index is 11.5. The summed E-state index contributed by atoms with van der Waals surface area (Å²) >= 11 is 3.47. The number of pyridine rings is 1. The molecule has 0 atom stereocenters. The largest absolute Gasteiger partial charge is 0.369 e. The first-order chi connectivity index (χ1) is 8.16. The monoisotopic (exact) mass is 297 g/mol. The number of anilines is 1. The summed E-state index contributed by atoms with van der Waals surface area (Å²) in [6.07, 6.45) is 4.50. The highest BCUT2D eigenvalue weighted by Gasteiger charge is 2.22. The predicted octanol–water partition coefficient (Wildman–Crippen LogP) is 2.23. The quantitative estimate of drug-likeness (QED) is 0.876. The van der Waals surface area contributed by atoms with Crippen LogP contribution in [0, 0.1) is 6.92 Å². The second kappa shape index (κ2) is 5.49. The molecule has 1 aromatic heterocycles. The summed E-state index contributed by atoms with van der Waals surface area (Å²) in [4.78, 5) is 15.7. The van der Waals surface area contributed by atoms with E-state index in [1.54, 1.807) is 6.20 Å². The summed E-state index contributed by atoms with van der Waals surface area (Å²) < 4.78 is 0.961. The number of nitrogens with one attached hydrogen (secondary N) is 2. The summed E-state index contributed by atoms with van der Waals surface area (Å²) in [5, 5.41) is 6.11. The van der Waals surface area contributed by atoms with Gasteiger partial charge in [0.1, 0.15) is 5.82 Å². The molecule has 1 amide bonds. The van der Waals surface area contributed by atoms with Crippen molar-refractivity contribution in [3.63, 3.8) is 0 Å². The minimum Gasteiger partial charge on any atom is -0.369 e. The Morgan fingerprint density at radius 2 is 2.35 bits per heavy atom. The highest BCUT2D eigenvalue weighted by Crippen LogP contribution is 2.23. The zero-order chi connectivity index (χ0) is 12.3. The minimum absolute atomic E-state index is 0.115. The van der Waals surface area contributed by atoms with Gasteiger partial charge in [-0.2, -0.15) is 0 Å². The van der Waals surface area contributed by atoms with Crippen LogP contribution in [0.2, 0.25) is 0 Å². The Labute approximate surface area is 109 Å². The molecular weight excluding hydrogens is 282 g/mol. The maximum atomic E-state index is 11.5. The molecule has 1 aliphatic carbocycles. The van der Waals surface area contributed by atoms with Gasteiger partial charge in [-0.15, -0.1) is 0 Å². The molecular formula is C12H16BrN3O. The highest BCUT2D eigenvalue weighted by molar-refractivity contribution is 9.10. The first kappa shape index (κ1) is 12.4. The fraction of sp³-hybridized carbons (Fsp3) is 0.500. The van der Waals surface area contributed by atoms with Gasteiger partial charge in [0.15, 0.2) is 0 Å². The Morgan fingerprint density at radius 1 is 1.59 bits per heavy atom. The Morgan fingerprint density at radius 3 is 3.06 bits per heavy atom. The number of carbonyl (C=O) groups excluding carboxylic acids is 1. The van der Waals surface area contributed by atoms with Gasteiger partial charge in [-0.3, -0.25) is 4.79 Å². The molecule has 0 aromatic carbocycles. The van der Waals surface area contributed by atoms with E-state index in [1.165, 1.54) is 0 Å². The minimum atomic E-state index is 0.115. The molecule has 5 heteroatoms. The third kappa shape index (κ3) is 3.70. The van der Waals surface area contributed by atoms with Crippen LogP contribution in [0.15, 0.2) is 16.7 Å².